The third-order valence-electron chi connectivity index (χ3n) is 4.94. The lowest BCUT2D eigenvalue weighted by molar-refractivity contribution is -0.122. The van der Waals surface area contributed by atoms with Gasteiger partial charge in [-0.05, 0) is 24.1 Å². The van der Waals surface area contributed by atoms with Crippen molar-refractivity contribution < 1.29 is 18.7 Å². The van der Waals surface area contributed by atoms with Gasteiger partial charge in [-0.2, -0.15) is 0 Å². The first kappa shape index (κ1) is 19.6. The number of ether oxygens (including phenoxy) is 1. The van der Waals surface area contributed by atoms with Crippen molar-refractivity contribution in [3.05, 3.63) is 35.6 Å². The maximum atomic E-state index is 12.9. The monoisotopic (exact) mass is 378 g/mol. The summed E-state index contributed by atoms with van der Waals surface area (Å²) >= 11 is 0. The van der Waals surface area contributed by atoms with Gasteiger partial charge in [-0.3, -0.25) is 9.69 Å². The Labute approximate surface area is 159 Å². The van der Waals surface area contributed by atoms with Crippen LogP contribution in [-0.2, 0) is 16.0 Å². The van der Waals surface area contributed by atoms with Gasteiger partial charge >= 0.3 is 6.03 Å². The smallest absolute Gasteiger partial charge is 0.320 e. The maximum Gasteiger partial charge on any atom is 0.320 e. The Balaban J connectivity index is 1.33. The van der Waals surface area contributed by atoms with Crippen LogP contribution < -0.4 is 5.32 Å². The van der Waals surface area contributed by atoms with E-state index < -0.39 is 0 Å². The van der Waals surface area contributed by atoms with Crippen LogP contribution >= 0.6 is 0 Å². The quantitative estimate of drug-likeness (QED) is 0.813. The summed E-state index contributed by atoms with van der Waals surface area (Å²) in [6.07, 6.45) is 0.674. The SMILES string of the molecule is O=C(CN1CCN(C(=O)N2CCOCC2)CC1)NCCc1ccc(F)cc1. The van der Waals surface area contributed by atoms with E-state index in [1.54, 1.807) is 12.1 Å². The Bertz CT molecular complexity index is 626. The van der Waals surface area contributed by atoms with E-state index in [0.717, 1.165) is 5.56 Å². The van der Waals surface area contributed by atoms with Crippen LogP contribution in [0.2, 0.25) is 0 Å². The number of benzene rings is 1. The van der Waals surface area contributed by atoms with E-state index >= 15 is 0 Å². The average Bonchev–Trinajstić information content (AvgIpc) is 2.70. The lowest BCUT2D eigenvalue weighted by Crippen LogP contribution is -2.55. The van der Waals surface area contributed by atoms with Gasteiger partial charge in [-0.1, -0.05) is 12.1 Å². The molecule has 27 heavy (non-hydrogen) atoms. The predicted octanol–water partition coefficient (Wildman–Crippen LogP) is 0.554. The van der Waals surface area contributed by atoms with Crippen molar-refractivity contribution in [2.45, 2.75) is 6.42 Å². The molecular formula is C19H27FN4O3. The van der Waals surface area contributed by atoms with Crippen LogP contribution in [0.3, 0.4) is 0 Å². The zero-order valence-electron chi connectivity index (χ0n) is 15.5. The maximum absolute atomic E-state index is 12.9. The highest BCUT2D eigenvalue weighted by Crippen LogP contribution is 2.08. The van der Waals surface area contributed by atoms with Crippen molar-refractivity contribution in [1.29, 1.82) is 0 Å². The Morgan fingerprint density at radius 3 is 2.26 bits per heavy atom. The van der Waals surface area contributed by atoms with Crippen molar-refractivity contribution in [2.24, 2.45) is 0 Å². The number of hydrogen-bond donors (Lipinski definition) is 1. The molecule has 2 heterocycles. The van der Waals surface area contributed by atoms with Crippen molar-refractivity contribution in [3.63, 3.8) is 0 Å². The van der Waals surface area contributed by atoms with E-state index in [2.05, 4.69) is 10.2 Å². The molecule has 0 unspecified atom stereocenters. The minimum atomic E-state index is -0.256. The van der Waals surface area contributed by atoms with Crippen LogP contribution in [0.15, 0.2) is 24.3 Å². The summed E-state index contributed by atoms with van der Waals surface area (Å²) in [6, 6.07) is 6.38. The molecule has 1 aromatic carbocycles. The molecule has 0 saturated carbocycles. The number of piperazine rings is 1. The van der Waals surface area contributed by atoms with Gasteiger partial charge in [0.2, 0.25) is 5.91 Å². The molecule has 0 bridgehead atoms. The van der Waals surface area contributed by atoms with Gasteiger partial charge in [0.15, 0.2) is 0 Å². The summed E-state index contributed by atoms with van der Waals surface area (Å²) in [4.78, 5) is 30.3. The fourth-order valence-electron chi connectivity index (χ4n) is 3.31. The van der Waals surface area contributed by atoms with Crippen LogP contribution in [0.4, 0.5) is 9.18 Å². The second-order valence-corrected chi connectivity index (χ2v) is 6.87. The second kappa shape index (κ2) is 9.66. The number of nitrogens with zero attached hydrogens (tertiary/aromatic N) is 3. The van der Waals surface area contributed by atoms with E-state index in [1.165, 1.54) is 12.1 Å². The fourth-order valence-corrected chi connectivity index (χ4v) is 3.31. The summed E-state index contributed by atoms with van der Waals surface area (Å²) in [5.74, 6) is -0.279. The molecule has 1 aromatic rings. The molecule has 7 nitrogen and oxygen atoms in total. The van der Waals surface area contributed by atoms with E-state index in [9.17, 15) is 14.0 Å². The number of halogens is 1. The first-order valence-corrected chi connectivity index (χ1v) is 9.47. The number of urea groups is 1. The molecule has 3 amide bonds. The predicted molar refractivity (Wildman–Crippen MR) is 98.9 cm³/mol. The number of carbonyl (C=O) groups excluding carboxylic acids is 2. The molecular weight excluding hydrogens is 351 g/mol. The topological polar surface area (TPSA) is 65.1 Å². The van der Waals surface area contributed by atoms with Gasteiger partial charge in [0.25, 0.3) is 0 Å². The number of rotatable bonds is 5. The van der Waals surface area contributed by atoms with Gasteiger partial charge in [0, 0.05) is 45.8 Å². The molecule has 8 heteroatoms. The third kappa shape index (κ3) is 5.90. The Morgan fingerprint density at radius 2 is 1.59 bits per heavy atom. The summed E-state index contributed by atoms with van der Waals surface area (Å²) in [6.45, 7) is 6.03. The largest absolute Gasteiger partial charge is 0.378 e. The highest BCUT2D eigenvalue weighted by molar-refractivity contribution is 5.78. The normalized spacial score (nSPS) is 18.4. The van der Waals surface area contributed by atoms with Crippen molar-refractivity contribution >= 4 is 11.9 Å². The van der Waals surface area contributed by atoms with Crippen molar-refractivity contribution in [3.8, 4) is 0 Å². The lowest BCUT2D eigenvalue weighted by atomic mass is 10.1. The van der Waals surface area contributed by atoms with Crippen LogP contribution in [0.25, 0.3) is 0 Å². The molecule has 3 rings (SSSR count). The molecule has 2 aliphatic rings. The zero-order valence-corrected chi connectivity index (χ0v) is 15.5. The van der Waals surface area contributed by atoms with Crippen molar-refractivity contribution in [2.75, 3.05) is 65.6 Å². The number of nitrogens with one attached hydrogen (secondary N) is 1. The van der Waals surface area contributed by atoms with E-state index in [1.807, 2.05) is 9.80 Å². The Kier molecular flexibility index (Phi) is 7.00. The highest BCUT2D eigenvalue weighted by atomic mass is 19.1. The van der Waals surface area contributed by atoms with Gasteiger partial charge in [0.1, 0.15) is 5.82 Å². The second-order valence-electron chi connectivity index (χ2n) is 6.87. The standard InChI is InChI=1S/C19H27FN4O3/c20-17-3-1-16(2-4-17)5-6-21-18(25)15-22-7-9-23(10-8-22)19(26)24-11-13-27-14-12-24/h1-4H,5-15H2,(H,21,25). The van der Waals surface area contributed by atoms with E-state index in [-0.39, 0.29) is 17.8 Å². The molecule has 1 N–H and O–H groups in total. The molecule has 0 aromatic heterocycles. The number of amides is 3. The van der Waals surface area contributed by atoms with Gasteiger partial charge in [-0.15, -0.1) is 0 Å². The molecule has 2 saturated heterocycles. The summed E-state index contributed by atoms with van der Waals surface area (Å²) < 4.78 is 18.2. The summed E-state index contributed by atoms with van der Waals surface area (Å²) in [7, 11) is 0. The summed E-state index contributed by atoms with van der Waals surface area (Å²) in [5, 5.41) is 2.90. The summed E-state index contributed by atoms with van der Waals surface area (Å²) in [5.41, 5.74) is 0.993. The highest BCUT2D eigenvalue weighted by Gasteiger charge is 2.26. The molecule has 2 fully saturated rings. The van der Waals surface area contributed by atoms with Gasteiger partial charge in [-0.25, -0.2) is 9.18 Å². The Morgan fingerprint density at radius 1 is 0.963 bits per heavy atom. The van der Waals surface area contributed by atoms with E-state index in [4.69, 9.17) is 4.74 Å². The minimum Gasteiger partial charge on any atom is -0.378 e. The van der Waals surface area contributed by atoms with Crippen LogP contribution in [-0.4, -0.2) is 92.2 Å². The van der Waals surface area contributed by atoms with Crippen LogP contribution in [0.1, 0.15) is 5.56 Å². The fraction of sp³-hybridized carbons (Fsp3) is 0.579. The molecule has 0 radical (unpaired) electrons. The number of morpholine rings is 1. The Hall–Kier alpha value is -2.19. The zero-order chi connectivity index (χ0) is 19.1. The van der Waals surface area contributed by atoms with Gasteiger partial charge < -0.3 is 19.9 Å². The van der Waals surface area contributed by atoms with Gasteiger partial charge in [0.05, 0.1) is 19.8 Å². The number of carbonyl (C=O) groups is 2. The average molecular weight is 378 g/mol. The third-order valence-corrected chi connectivity index (χ3v) is 4.94. The lowest BCUT2D eigenvalue weighted by Gasteiger charge is -2.38. The molecule has 2 aliphatic heterocycles. The molecule has 148 valence electrons. The number of hydrogen-bond acceptors (Lipinski definition) is 4. The minimum absolute atomic E-state index is 0.0231. The molecule has 0 atom stereocenters. The van der Waals surface area contributed by atoms with E-state index in [0.29, 0.717) is 72.0 Å². The van der Waals surface area contributed by atoms with Crippen molar-refractivity contribution in [1.82, 2.24) is 20.0 Å². The van der Waals surface area contributed by atoms with Crippen LogP contribution in [0, 0.1) is 5.82 Å². The first-order chi connectivity index (χ1) is 13.1. The van der Waals surface area contributed by atoms with Crippen LogP contribution in [0.5, 0.6) is 0 Å². The molecule has 0 aliphatic carbocycles. The first-order valence-electron chi connectivity index (χ1n) is 9.47. The molecule has 0 spiro atoms.